The highest BCUT2D eigenvalue weighted by Crippen LogP contribution is 2.37. The number of hydrogen-bond acceptors (Lipinski definition) is 5. The van der Waals surface area contributed by atoms with Crippen molar-refractivity contribution in [1.29, 1.82) is 0 Å². The minimum Gasteiger partial charge on any atom is -0.458 e. The molecule has 1 aliphatic carbocycles. The fourth-order valence-corrected chi connectivity index (χ4v) is 4.65. The van der Waals surface area contributed by atoms with E-state index >= 15 is 0 Å². The molecular formula is C22H33NO4. The SMILES string of the molecule is CC(=O)O[C@@H]1/C=C(\C)CCC/C(C)=C/[C@H]2OC(=O)C(CN3CCCCC3)C12. The molecule has 0 bridgehead atoms. The number of esters is 2. The summed E-state index contributed by atoms with van der Waals surface area (Å²) in [6, 6.07) is 0. The first-order chi connectivity index (χ1) is 12.9. The Morgan fingerprint density at radius 1 is 1.11 bits per heavy atom. The fourth-order valence-electron chi connectivity index (χ4n) is 4.65. The molecule has 2 aliphatic heterocycles. The number of fused-ring (bicyclic) bond motifs is 1. The molecule has 0 spiro atoms. The summed E-state index contributed by atoms with van der Waals surface area (Å²) in [5.74, 6) is -0.880. The highest BCUT2D eigenvalue weighted by molar-refractivity contribution is 5.76. The van der Waals surface area contributed by atoms with Gasteiger partial charge in [-0.3, -0.25) is 9.59 Å². The van der Waals surface area contributed by atoms with Crippen LogP contribution < -0.4 is 0 Å². The van der Waals surface area contributed by atoms with Crippen LogP contribution in [-0.2, 0) is 19.1 Å². The van der Waals surface area contributed by atoms with Gasteiger partial charge in [-0.1, -0.05) is 17.6 Å². The maximum Gasteiger partial charge on any atom is 0.311 e. The molecule has 150 valence electrons. The Morgan fingerprint density at radius 2 is 1.78 bits per heavy atom. The molecule has 5 nitrogen and oxygen atoms in total. The second-order valence-corrected chi connectivity index (χ2v) is 8.40. The molecule has 5 heteroatoms. The van der Waals surface area contributed by atoms with E-state index in [0.29, 0.717) is 6.54 Å². The number of carbonyl (C=O) groups excluding carboxylic acids is 2. The van der Waals surface area contributed by atoms with Crippen LogP contribution in [0, 0.1) is 11.8 Å². The van der Waals surface area contributed by atoms with Gasteiger partial charge in [0.1, 0.15) is 12.2 Å². The lowest BCUT2D eigenvalue weighted by Crippen LogP contribution is -2.42. The van der Waals surface area contributed by atoms with Crippen LogP contribution >= 0.6 is 0 Å². The van der Waals surface area contributed by atoms with Gasteiger partial charge in [-0.2, -0.15) is 0 Å². The van der Waals surface area contributed by atoms with Crippen molar-refractivity contribution in [2.75, 3.05) is 19.6 Å². The molecule has 2 fully saturated rings. The Morgan fingerprint density at radius 3 is 2.44 bits per heavy atom. The molecule has 0 N–H and O–H groups in total. The second kappa shape index (κ2) is 9.05. The van der Waals surface area contributed by atoms with E-state index < -0.39 is 6.10 Å². The van der Waals surface area contributed by atoms with Crippen LogP contribution in [0.1, 0.15) is 59.3 Å². The van der Waals surface area contributed by atoms with Crippen molar-refractivity contribution in [3.63, 3.8) is 0 Å². The average Bonchev–Trinajstić information content (AvgIpc) is 2.89. The summed E-state index contributed by atoms with van der Waals surface area (Å²) in [4.78, 5) is 27.0. The molecule has 3 aliphatic rings. The van der Waals surface area contributed by atoms with Crippen molar-refractivity contribution >= 4 is 11.9 Å². The largest absolute Gasteiger partial charge is 0.458 e. The van der Waals surface area contributed by atoms with Gasteiger partial charge in [-0.15, -0.1) is 0 Å². The summed E-state index contributed by atoms with van der Waals surface area (Å²) in [5, 5.41) is 0. The van der Waals surface area contributed by atoms with Crippen molar-refractivity contribution in [2.24, 2.45) is 11.8 Å². The predicted octanol–water partition coefficient (Wildman–Crippen LogP) is 3.64. The van der Waals surface area contributed by atoms with Crippen LogP contribution in [0.2, 0.25) is 0 Å². The van der Waals surface area contributed by atoms with Crippen LogP contribution in [0.25, 0.3) is 0 Å². The van der Waals surface area contributed by atoms with Crippen molar-refractivity contribution in [3.8, 4) is 0 Å². The van der Waals surface area contributed by atoms with Gasteiger partial charge in [-0.05, 0) is 71.2 Å². The third kappa shape index (κ3) is 5.22. The van der Waals surface area contributed by atoms with Crippen molar-refractivity contribution in [2.45, 2.75) is 71.5 Å². The number of rotatable bonds is 3. The Hall–Kier alpha value is -1.62. The highest BCUT2D eigenvalue weighted by atomic mass is 16.6. The molecule has 27 heavy (non-hydrogen) atoms. The predicted molar refractivity (Wildman–Crippen MR) is 104 cm³/mol. The molecule has 0 radical (unpaired) electrons. The van der Waals surface area contributed by atoms with Gasteiger partial charge < -0.3 is 14.4 Å². The van der Waals surface area contributed by atoms with Gasteiger partial charge >= 0.3 is 11.9 Å². The van der Waals surface area contributed by atoms with Gasteiger partial charge in [-0.25, -0.2) is 0 Å². The fraction of sp³-hybridized carbons (Fsp3) is 0.727. The second-order valence-electron chi connectivity index (χ2n) is 8.40. The zero-order valence-corrected chi connectivity index (χ0v) is 16.9. The number of nitrogens with zero attached hydrogens (tertiary/aromatic N) is 1. The molecule has 2 unspecified atom stereocenters. The van der Waals surface area contributed by atoms with E-state index in [2.05, 4.69) is 30.9 Å². The Balaban J connectivity index is 1.91. The summed E-state index contributed by atoms with van der Waals surface area (Å²) in [7, 11) is 0. The monoisotopic (exact) mass is 375 g/mol. The Labute approximate surface area is 162 Å². The molecule has 2 saturated heterocycles. The van der Waals surface area contributed by atoms with Crippen molar-refractivity contribution in [1.82, 2.24) is 4.90 Å². The van der Waals surface area contributed by atoms with Crippen LogP contribution in [-0.4, -0.2) is 48.7 Å². The first-order valence-corrected chi connectivity index (χ1v) is 10.4. The zero-order chi connectivity index (χ0) is 19.4. The van der Waals surface area contributed by atoms with E-state index in [1.54, 1.807) is 0 Å². The van der Waals surface area contributed by atoms with E-state index in [9.17, 15) is 9.59 Å². The minimum absolute atomic E-state index is 0.151. The number of piperidine rings is 1. The van der Waals surface area contributed by atoms with Crippen molar-refractivity contribution in [3.05, 3.63) is 23.3 Å². The lowest BCUT2D eigenvalue weighted by molar-refractivity contribution is -0.148. The Bertz CT molecular complexity index is 618. The topological polar surface area (TPSA) is 55.8 Å². The number of carbonyl (C=O) groups is 2. The summed E-state index contributed by atoms with van der Waals surface area (Å²) < 4.78 is 11.5. The Kier molecular flexibility index (Phi) is 6.74. The molecular weight excluding hydrogens is 342 g/mol. The highest BCUT2D eigenvalue weighted by Gasteiger charge is 2.49. The lowest BCUT2D eigenvalue weighted by atomic mass is 9.82. The van der Waals surface area contributed by atoms with Gasteiger partial charge in [0.25, 0.3) is 0 Å². The number of ether oxygens (including phenoxy) is 2. The summed E-state index contributed by atoms with van der Waals surface area (Å²) >= 11 is 0. The van der Waals surface area contributed by atoms with Gasteiger partial charge in [0.2, 0.25) is 0 Å². The van der Waals surface area contributed by atoms with Crippen LogP contribution in [0.5, 0.6) is 0 Å². The third-order valence-electron chi connectivity index (χ3n) is 6.02. The van der Waals surface area contributed by atoms with E-state index in [0.717, 1.165) is 32.4 Å². The van der Waals surface area contributed by atoms with Gasteiger partial charge in [0.15, 0.2) is 0 Å². The minimum atomic E-state index is -0.420. The molecule has 2 heterocycles. The summed E-state index contributed by atoms with van der Waals surface area (Å²) in [6.07, 6.45) is 10.1. The zero-order valence-electron chi connectivity index (χ0n) is 16.9. The molecule has 0 saturated carbocycles. The van der Waals surface area contributed by atoms with Gasteiger partial charge in [0.05, 0.1) is 11.8 Å². The van der Waals surface area contributed by atoms with Crippen molar-refractivity contribution < 1.29 is 19.1 Å². The first kappa shape index (κ1) is 20.1. The molecule has 0 aromatic rings. The maximum atomic E-state index is 12.8. The number of hydrogen-bond donors (Lipinski definition) is 0. The number of likely N-dealkylation sites (tertiary alicyclic amines) is 1. The standard InChI is InChI=1S/C22H33NO4/c1-15-8-7-9-16(2)13-20-21(19(12-15)26-17(3)24)18(22(25)27-20)14-23-10-5-4-6-11-23/h12-13,18-21H,4-11,14H2,1-3H3/b15-12+,16-13+/t18?,19-,20-,21?/m1/s1. The molecule has 0 aromatic carbocycles. The van der Waals surface area contributed by atoms with Crippen LogP contribution in [0.15, 0.2) is 23.3 Å². The average molecular weight is 376 g/mol. The number of allylic oxidation sites excluding steroid dienone is 2. The maximum absolute atomic E-state index is 12.8. The van der Waals surface area contributed by atoms with E-state index in [1.807, 2.05) is 0 Å². The molecule has 0 amide bonds. The van der Waals surface area contributed by atoms with Gasteiger partial charge in [0, 0.05) is 13.5 Å². The van der Waals surface area contributed by atoms with E-state index in [-0.39, 0.29) is 29.9 Å². The lowest BCUT2D eigenvalue weighted by Gasteiger charge is -2.32. The van der Waals surface area contributed by atoms with E-state index in [1.165, 1.54) is 37.3 Å². The molecule has 3 rings (SSSR count). The first-order valence-electron chi connectivity index (χ1n) is 10.4. The summed E-state index contributed by atoms with van der Waals surface area (Å²) in [6.45, 7) is 8.38. The van der Waals surface area contributed by atoms with Crippen LogP contribution in [0.3, 0.4) is 0 Å². The smallest absolute Gasteiger partial charge is 0.311 e. The van der Waals surface area contributed by atoms with E-state index in [4.69, 9.17) is 9.47 Å². The molecule has 4 atom stereocenters. The summed E-state index contributed by atoms with van der Waals surface area (Å²) in [5.41, 5.74) is 2.46. The molecule has 0 aromatic heterocycles. The van der Waals surface area contributed by atoms with Crippen LogP contribution in [0.4, 0.5) is 0 Å². The quantitative estimate of drug-likeness (QED) is 0.557. The third-order valence-corrected chi connectivity index (χ3v) is 6.02. The normalized spacial score (nSPS) is 36.6.